The lowest BCUT2D eigenvalue weighted by molar-refractivity contribution is -0.131. The topological polar surface area (TPSA) is 42.0 Å². The van der Waals surface area contributed by atoms with E-state index in [0.29, 0.717) is 13.1 Å². The van der Waals surface area contributed by atoms with Gasteiger partial charge in [0.15, 0.2) is 0 Å². The maximum absolute atomic E-state index is 12.7. The number of hydrogen-bond donors (Lipinski definition) is 0. The Morgan fingerprint density at radius 2 is 1.79 bits per heavy atom. The molecule has 0 N–H and O–H groups in total. The van der Waals surface area contributed by atoms with Crippen LogP contribution in [0.15, 0.2) is 48.5 Å². The van der Waals surface area contributed by atoms with E-state index < -0.39 is 6.61 Å². The van der Waals surface area contributed by atoms with Crippen LogP contribution in [0.1, 0.15) is 30.0 Å². The summed E-state index contributed by atoms with van der Waals surface area (Å²) in [5.74, 6) is 0.953. The molecule has 1 aliphatic rings. The molecule has 1 amide bonds. The predicted molar refractivity (Wildman–Crippen MR) is 106 cm³/mol. The molecule has 0 saturated carbocycles. The molecule has 1 aliphatic heterocycles. The summed E-state index contributed by atoms with van der Waals surface area (Å²) in [5.41, 5.74) is 2.05. The maximum Gasteiger partial charge on any atom is 0.387 e. The summed E-state index contributed by atoms with van der Waals surface area (Å²) < 4.78 is 34.0. The molecule has 1 saturated heterocycles. The third kappa shape index (κ3) is 5.67. The largest absolute Gasteiger partial charge is 0.497 e. The molecule has 2 aromatic rings. The van der Waals surface area contributed by atoms with E-state index in [0.717, 1.165) is 30.7 Å². The summed E-state index contributed by atoms with van der Waals surface area (Å²) in [7, 11) is 3.40. The number of methoxy groups -OCH3 is 1. The van der Waals surface area contributed by atoms with Crippen LogP contribution in [0.2, 0.25) is 0 Å². The molecular formula is C22H26F2N2O3. The first-order valence-corrected chi connectivity index (χ1v) is 9.62. The summed E-state index contributed by atoms with van der Waals surface area (Å²) in [6.07, 6.45) is 2.08. The normalized spacial score (nSPS) is 16.8. The second-order valence-electron chi connectivity index (χ2n) is 7.17. The van der Waals surface area contributed by atoms with Crippen LogP contribution in [0.4, 0.5) is 8.78 Å². The lowest BCUT2D eigenvalue weighted by Crippen LogP contribution is -2.37. The molecular weight excluding hydrogens is 378 g/mol. The van der Waals surface area contributed by atoms with Crippen LogP contribution in [0.25, 0.3) is 0 Å². The second kappa shape index (κ2) is 9.69. The van der Waals surface area contributed by atoms with Crippen LogP contribution in [0, 0.1) is 0 Å². The molecule has 3 rings (SSSR count). The smallest absolute Gasteiger partial charge is 0.387 e. The van der Waals surface area contributed by atoms with Crippen molar-refractivity contribution < 1.29 is 23.0 Å². The van der Waals surface area contributed by atoms with Crippen LogP contribution >= 0.6 is 0 Å². The van der Waals surface area contributed by atoms with Crippen molar-refractivity contribution in [3.05, 3.63) is 59.7 Å². The zero-order valence-electron chi connectivity index (χ0n) is 16.7. The van der Waals surface area contributed by atoms with Crippen LogP contribution < -0.4 is 9.47 Å². The van der Waals surface area contributed by atoms with Crippen molar-refractivity contribution in [2.45, 2.75) is 32.0 Å². The molecule has 29 heavy (non-hydrogen) atoms. The van der Waals surface area contributed by atoms with Gasteiger partial charge in [0.1, 0.15) is 11.5 Å². The summed E-state index contributed by atoms with van der Waals surface area (Å²) in [6.45, 7) is -1.20. The molecule has 0 aromatic heterocycles. The minimum atomic E-state index is -2.84. The Labute approximate surface area is 169 Å². The third-order valence-corrected chi connectivity index (χ3v) is 5.20. The van der Waals surface area contributed by atoms with Crippen molar-refractivity contribution in [1.82, 2.24) is 9.80 Å². The first kappa shape index (κ1) is 21.0. The van der Waals surface area contributed by atoms with Gasteiger partial charge < -0.3 is 14.4 Å². The molecule has 0 bridgehead atoms. The first-order chi connectivity index (χ1) is 14.0. The molecule has 1 fully saturated rings. The molecule has 7 heteroatoms. The number of hydrogen-bond acceptors (Lipinski definition) is 4. The Balaban J connectivity index is 1.56. The van der Waals surface area contributed by atoms with E-state index in [1.807, 2.05) is 12.1 Å². The highest BCUT2D eigenvalue weighted by atomic mass is 19.3. The number of carbonyl (C=O) groups excluding carboxylic acids is 1. The number of rotatable bonds is 8. The quantitative estimate of drug-likeness (QED) is 0.665. The van der Waals surface area contributed by atoms with Crippen LogP contribution in [0.3, 0.4) is 0 Å². The zero-order chi connectivity index (χ0) is 20.8. The van der Waals surface area contributed by atoms with Gasteiger partial charge in [0.25, 0.3) is 0 Å². The number of alkyl halides is 2. The molecule has 156 valence electrons. The SMILES string of the molecule is COc1ccc([C@H]2CCCN2CC(=O)N(C)Cc2ccc(OC(F)F)cc2)cc1. The van der Waals surface area contributed by atoms with Gasteiger partial charge in [-0.25, -0.2) is 0 Å². The Morgan fingerprint density at radius 1 is 1.14 bits per heavy atom. The van der Waals surface area contributed by atoms with Crippen LogP contribution in [-0.4, -0.2) is 49.6 Å². The fourth-order valence-corrected chi connectivity index (χ4v) is 3.65. The highest BCUT2D eigenvalue weighted by Gasteiger charge is 2.28. The van der Waals surface area contributed by atoms with Gasteiger partial charge in [-0.3, -0.25) is 9.69 Å². The molecule has 0 aliphatic carbocycles. The minimum absolute atomic E-state index is 0.0262. The van der Waals surface area contributed by atoms with E-state index in [2.05, 4.69) is 21.8 Å². The Bertz CT molecular complexity index is 797. The Morgan fingerprint density at radius 3 is 2.41 bits per heavy atom. The number of likely N-dealkylation sites (tertiary alicyclic amines) is 1. The number of carbonyl (C=O) groups is 1. The fraction of sp³-hybridized carbons (Fsp3) is 0.409. The summed E-state index contributed by atoms with van der Waals surface area (Å²) in [5, 5.41) is 0. The number of nitrogens with zero attached hydrogens (tertiary/aromatic N) is 2. The molecule has 1 heterocycles. The zero-order valence-corrected chi connectivity index (χ0v) is 16.7. The van der Waals surface area contributed by atoms with Crippen molar-refractivity contribution >= 4 is 5.91 Å². The van der Waals surface area contributed by atoms with Crippen LogP contribution in [0.5, 0.6) is 11.5 Å². The maximum atomic E-state index is 12.7. The van der Waals surface area contributed by atoms with Crippen molar-refractivity contribution in [3.63, 3.8) is 0 Å². The molecule has 0 radical (unpaired) electrons. The Kier molecular flexibility index (Phi) is 7.04. The van der Waals surface area contributed by atoms with E-state index in [1.54, 1.807) is 31.2 Å². The highest BCUT2D eigenvalue weighted by molar-refractivity contribution is 5.78. The van der Waals surface area contributed by atoms with E-state index in [-0.39, 0.29) is 17.7 Å². The number of amides is 1. The minimum Gasteiger partial charge on any atom is -0.497 e. The lowest BCUT2D eigenvalue weighted by atomic mass is 10.0. The number of halogens is 2. The van der Waals surface area contributed by atoms with Crippen molar-refractivity contribution in [1.29, 1.82) is 0 Å². The van der Waals surface area contributed by atoms with E-state index in [1.165, 1.54) is 17.7 Å². The van der Waals surface area contributed by atoms with E-state index in [9.17, 15) is 13.6 Å². The van der Waals surface area contributed by atoms with Gasteiger partial charge in [-0.2, -0.15) is 8.78 Å². The predicted octanol–water partition coefficient (Wildman–Crippen LogP) is 4.09. The van der Waals surface area contributed by atoms with Gasteiger partial charge in [0.2, 0.25) is 5.91 Å². The highest BCUT2D eigenvalue weighted by Crippen LogP contribution is 2.32. The lowest BCUT2D eigenvalue weighted by Gasteiger charge is -2.27. The van der Waals surface area contributed by atoms with Gasteiger partial charge in [0, 0.05) is 19.6 Å². The van der Waals surface area contributed by atoms with Gasteiger partial charge in [-0.15, -0.1) is 0 Å². The monoisotopic (exact) mass is 404 g/mol. The van der Waals surface area contributed by atoms with E-state index >= 15 is 0 Å². The number of benzene rings is 2. The molecule has 5 nitrogen and oxygen atoms in total. The van der Waals surface area contributed by atoms with Crippen LogP contribution in [-0.2, 0) is 11.3 Å². The third-order valence-electron chi connectivity index (χ3n) is 5.20. The van der Waals surface area contributed by atoms with Gasteiger partial charge >= 0.3 is 6.61 Å². The standard InChI is InChI=1S/C22H26F2N2O3/c1-25(14-16-5-9-19(10-6-16)29-22(23)24)21(27)15-26-13-3-4-20(26)17-7-11-18(28-2)12-8-17/h5-12,20,22H,3-4,13-15H2,1-2H3/t20-/m1/s1. The van der Waals surface area contributed by atoms with Crippen molar-refractivity contribution in [2.75, 3.05) is 27.2 Å². The first-order valence-electron chi connectivity index (χ1n) is 9.62. The number of ether oxygens (including phenoxy) is 2. The molecule has 0 unspecified atom stereocenters. The fourth-order valence-electron chi connectivity index (χ4n) is 3.65. The molecule has 2 aromatic carbocycles. The van der Waals surface area contributed by atoms with Gasteiger partial charge in [-0.05, 0) is 54.8 Å². The summed E-state index contributed by atoms with van der Waals surface area (Å²) in [4.78, 5) is 16.6. The second-order valence-corrected chi connectivity index (χ2v) is 7.17. The van der Waals surface area contributed by atoms with Gasteiger partial charge in [-0.1, -0.05) is 24.3 Å². The summed E-state index contributed by atoms with van der Waals surface area (Å²) >= 11 is 0. The molecule has 1 atom stereocenters. The van der Waals surface area contributed by atoms with Gasteiger partial charge in [0.05, 0.1) is 13.7 Å². The average Bonchev–Trinajstić information content (AvgIpc) is 3.17. The van der Waals surface area contributed by atoms with E-state index in [4.69, 9.17) is 4.74 Å². The summed E-state index contributed by atoms with van der Waals surface area (Å²) in [6, 6.07) is 14.6. The Hall–Kier alpha value is -2.67. The average molecular weight is 404 g/mol. The number of likely N-dealkylation sites (N-methyl/N-ethyl adjacent to an activating group) is 1. The van der Waals surface area contributed by atoms with Crippen molar-refractivity contribution in [3.8, 4) is 11.5 Å². The molecule has 0 spiro atoms. The van der Waals surface area contributed by atoms with Crippen molar-refractivity contribution in [2.24, 2.45) is 0 Å².